The number of Topliss-reactive ketones (excluding diaryl/α,β-unsaturated/α-hetero) is 2. The molecule has 0 aliphatic rings. The van der Waals surface area contributed by atoms with Gasteiger partial charge in [-0.1, -0.05) is 60.2 Å². The molecule has 0 saturated heterocycles. The highest BCUT2D eigenvalue weighted by Crippen LogP contribution is 2.20. The average Bonchev–Trinajstić information content (AvgIpc) is 2.76. The van der Waals surface area contributed by atoms with Crippen molar-refractivity contribution >= 4 is 21.7 Å². The third-order valence-electron chi connectivity index (χ3n) is 4.87. The van der Waals surface area contributed by atoms with Crippen molar-refractivity contribution in [1.82, 2.24) is 0 Å². The van der Waals surface area contributed by atoms with Crippen molar-refractivity contribution in [3.8, 4) is 0 Å². The summed E-state index contributed by atoms with van der Waals surface area (Å²) in [5.41, 5.74) is -1.31. The van der Waals surface area contributed by atoms with Gasteiger partial charge in [-0.25, -0.2) is 13.0 Å². The van der Waals surface area contributed by atoms with Crippen molar-refractivity contribution in [3.63, 3.8) is 0 Å². The van der Waals surface area contributed by atoms with Gasteiger partial charge >= 0.3 is 5.51 Å². The normalized spacial score (nSPS) is 11.4. The first-order valence-corrected chi connectivity index (χ1v) is 11.4. The van der Waals surface area contributed by atoms with Crippen molar-refractivity contribution in [2.75, 3.05) is 0 Å². The molecule has 0 spiro atoms. The SMILES string of the molecule is Cc1ccc(C(=O)Cc2cccc(CC(=O)c3ccccc3)[n+]2C)cc1.O=S(=O)([O-])C(F)(F)F. The third-order valence-corrected chi connectivity index (χ3v) is 5.44. The number of carbonyl (C=O) groups is 2. The predicted molar refractivity (Wildman–Crippen MR) is 117 cm³/mol. The lowest BCUT2D eigenvalue weighted by molar-refractivity contribution is -0.685. The number of hydrogen-bond acceptors (Lipinski definition) is 5. The molecule has 0 radical (unpaired) electrons. The lowest BCUT2D eigenvalue weighted by Gasteiger charge is -2.08. The van der Waals surface area contributed by atoms with Gasteiger partial charge in [0, 0.05) is 23.3 Å². The summed E-state index contributed by atoms with van der Waals surface area (Å²) in [5, 5.41) is 0. The van der Waals surface area contributed by atoms with Crippen LogP contribution >= 0.6 is 0 Å². The van der Waals surface area contributed by atoms with E-state index in [1.54, 1.807) is 0 Å². The number of aryl methyl sites for hydroxylation is 1. The van der Waals surface area contributed by atoms with E-state index >= 15 is 0 Å². The zero-order valence-corrected chi connectivity index (χ0v) is 19.2. The molecule has 0 saturated carbocycles. The van der Waals surface area contributed by atoms with Gasteiger partial charge in [0.15, 0.2) is 33.1 Å². The summed E-state index contributed by atoms with van der Waals surface area (Å²) >= 11 is 0. The second kappa shape index (κ2) is 11.2. The molecule has 0 atom stereocenters. The van der Waals surface area contributed by atoms with E-state index in [0.717, 1.165) is 17.0 Å². The van der Waals surface area contributed by atoms with E-state index in [4.69, 9.17) is 13.0 Å². The Morgan fingerprint density at radius 2 is 1.21 bits per heavy atom. The monoisotopic (exact) mass is 493 g/mol. The second-order valence-corrected chi connectivity index (χ2v) is 8.77. The van der Waals surface area contributed by atoms with E-state index in [0.29, 0.717) is 24.0 Å². The van der Waals surface area contributed by atoms with Crippen molar-refractivity contribution in [3.05, 3.63) is 101 Å². The summed E-state index contributed by atoms with van der Waals surface area (Å²) in [6.07, 6.45) is 0.625. The Balaban J connectivity index is 0.000000440. The Bertz CT molecular complexity index is 1260. The number of carbonyl (C=O) groups excluding carboxylic acids is 2. The Kier molecular flexibility index (Phi) is 8.83. The molecular formula is C24H22F3NO5S. The quantitative estimate of drug-likeness (QED) is 0.226. The molecule has 0 aliphatic carbocycles. The van der Waals surface area contributed by atoms with Gasteiger partial charge < -0.3 is 4.55 Å². The molecular weight excluding hydrogens is 471 g/mol. The van der Waals surface area contributed by atoms with Gasteiger partial charge in [-0.15, -0.1) is 0 Å². The Labute approximate surface area is 195 Å². The number of pyridine rings is 1. The van der Waals surface area contributed by atoms with Crippen molar-refractivity contribution < 1.29 is 40.3 Å². The van der Waals surface area contributed by atoms with Crippen LogP contribution in [-0.4, -0.2) is 30.0 Å². The highest BCUT2D eigenvalue weighted by molar-refractivity contribution is 7.86. The van der Waals surface area contributed by atoms with Crippen LogP contribution < -0.4 is 4.57 Å². The minimum Gasteiger partial charge on any atom is -0.741 e. The molecule has 0 fully saturated rings. The van der Waals surface area contributed by atoms with Gasteiger partial charge in [0.25, 0.3) is 0 Å². The summed E-state index contributed by atoms with van der Waals surface area (Å²) in [7, 11) is -4.18. The van der Waals surface area contributed by atoms with Gasteiger partial charge in [0.1, 0.15) is 7.05 Å². The molecule has 0 aliphatic heterocycles. The molecule has 3 aromatic rings. The molecule has 0 N–H and O–H groups in total. The Hall–Kier alpha value is -3.37. The highest BCUT2D eigenvalue weighted by atomic mass is 32.2. The standard InChI is InChI=1S/C23H22NO2.CHF3O3S/c1-17-11-13-19(14-12-17)23(26)16-21-10-6-9-20(24(21)2)15-22(25)18-7-4-3-5-8-18;2-1(3,4)8(5,6)7/h3-14H,15-16H2,1-2H3;(H,5,6,7)/q+1;/p-1. The smallest absolute Gasteiger partial charge is 0.485 e. The number of benzene rings is 2. The van der Waals surface area contributed by atoms with Crippen LogP contribution in [0.4, 0.5) is 13.2 Å². The molecule has 34 heavy (non-hydrogen) atoms. The highest BCUT2D eigenvalue weighted by Gasteiger charge is 2.36. The summed E-state index contributed by atoms with van der Waals surface area (Å²) in [5.74, 6) is 0.148. The molecule has 180 valence electrons. The van der Waals surface area contributed by atoms with E-state index in [1.807, 2.05) is 91.3 Å². The fourth-order valence-corrected chi connectivity index (χ4v) is 2.93. The van der Waals surface area contributed by atoms with E-state index in [9.17, 15) is 22.8 Å². The Morgan fingerprint density at radius 3 is 1.62 bits per heavy atom. The summed E-state index contributed by atoms with van der Waals surface area (Å²) in [6, 6.07) is 22.7. The predicted octanol–water partition coefficient (Wildman–Crippen LogP) is 3.72. The number of ketones is 2. The van der Waals surface area contributed by atoms with Gasteiger partial charge in [-0.3, -0.25) is 9.59 Å². The van der Waals surface area contributed by atoms with Crippen molar-refractivity contribution in [1.29, 1.82) is 0 Å². The maximum atomic E-state index is 12.6. The molecule has 1 heterocycles. The fourth-order valence-electron chi connectivity index (χ4n) is 2.93. The zero-order valence-electron chi connectivity index (χ0n) is 18.4. The molecule has 3 rings (SSSR count). The number of alkyl halides is 3. The number of rotatable bonds is 6. The summed E-state index contributed by atoms with van der Waals surface area (Å²) < 4.78 is 60.9. The number of halogens is 3. The van der Waals surface area contributed by atoms with Gasteiger partial charge in [-0.05, 0) is 13.0 Å². The van der Waals surface area contributed by atoms with Crippen LogP contribution in [0.15, 0.2) is 72.8 Å². The molecule has 0 unspecified atom stereocenters. The van der Waals surface area contributed by atoms with Crippen LogP contribution in [-0.2, 0) is 30.0 Å². The van der Waals surface area contributed by atoms with Crippen LogP contribution in [0.1, 0.15) is 37.7 Å². The number of nitrogens with zero attached hydrogens (tertiary/aromatic N) is 1. The number of aromatic nitrogens is 1. The van der Waals surface area contributed by atoms with E-state index in [-0.39, 0.29) is 11.6 Å². The van der Waals surface area contributed by atoms with Gasteiger partial charge in [0.2, 0.25) is 0 Å². The first-order chi connectivity index (χ1) is 15.8. The Morgan fingerprint density at radius 1 is 0.794 bits per heavy atom. The summed E-state index contributed by atoms with van der Waals surface area (Å²) in [4.78, 5) is 25.0. The topological polar surface area (TPSA) is 95.2 Å². The van der Waals surface area contributed by atoms with Gasteiger partial charge in [0.05, 0.1) is 12.8 Å². The van der Waals surface area contributed by atoms with Crippen molar-refractivity contribution in [2.24, 2.45) is 7.05 Å². The van der Waals surface area contributed by atoms with E-state index < -0.39 is 15.6 Å². The van der Waals surface area contributed by atoms with Crippen LogP contribution in [0.25, 0.3) is 0 Å². The molecule has 0 amide bonds. The largest absolute Gasteiger partial charge is 0.741 e. The third kappa shape index (κ3) is 7.60. The van der Waals surface area contributed by atoms with E-state index in [2.05, 4.69) is 0 Å². The van der Waals surface area contributed by atoms with Crippen LogP contribution in [0, 0.1) is 6.92 Å². The molecule has 2 aromatic carbocycles. The maximum absolute atomic E-state index is 12.6. The first-order valence-electron chi connectivity index (χ1n) is 9.96. The minimum atomic E-state index is -6.09. The lowest BCUT2D eigenvalue weighted by atomic mass is 10.0. The lowest BCUT2D eigenvalue weighted by Crippen LogP contribution is -2.40. The summed E-state index contributed by atoms with van der Waals surface area (Å²) in [6.45, 7) is 2.00. The molecule has 0 bridgehead atoms. The number of hydrogen-bond donors (Lipinski definition) is 0. The maximum Gasteiger partial charge on any atom is 0.485 e. The zero-order chi connectivity index (χ0) is 25.5. The van der Waals surface area contributed by atoms with Crippen molar-refractivity contribution in [2.45, 2.75) is 25.3 Å². The van der Waals surface area contributed by atoms with E-state index in [1.165, 1.54) is 0 Å². The first kappa shape index (κ1) is 26.9. The molecule has 1 aromatic heterocycles. The second-order valence-electron chi connectivity index (χ2n) is 7.40. The fraction of sp³-hybridized carbons (Fsp3) is 0.208. The molecule has 10 heteroatoms. The minimum absolute atomic E-state index is 0.0724. The average molecular weight is 494 g/mol. The van der Waals surface area contributed by atoms with Crippen LogP contribution in [0.2, 0.25) is 0 Å². The molecule has 6 nitrogen and oxygen atoms in total. The van der Waals surface area contributed by atoms with Crippen LogP contribution in [0.5, 0.6) is 0 Å². The van der Waals surface area contributed by atoms with Gasteiger partial charge in [-0.2, -0.15) is 13.2 Å². The van der Waals surface area contributed by atoms with Crippen LogP contribution in [0.3, 0.4) is 0 Å².